The molecule has 0 aliphatic heterocycles. The van der Waals surface area contributed by atoms with Gasteiger partial charge in [0.25, 0.3) is 0 Å². The maximum atomic E-state index is 13.8. The van der Waals surface area contributed by atoms with Crippen molar-refractivity contribution in [1.29, 1.82) is 0 Å². The van der Waals surface area contributed by atoms with E-state index in [1.54, 1.807) is 25.3 Å². The first kappa shape index (κ1) is 19.8. The van der Waals surface area contributed by atoms with Gasteiger partial charge in [-0.15, -0.1) is 0 Å². The topological polar surface area (TPSA) is 47.1 Å². The van der Waals surface area contributed by atoms with Crippen molar-refractivity contribution in [2.45, 2.75) is 26.2 Å². The maximum absolute atomic E-state index is 13.8. The number of nitrogens with zero attached hydrogens (tertiary/aromatic N) is 1. The molecule has 3 rings (SSSR count). The van der Waals surface area contributed by atoms with Crippen LogP contribution in [0.4, 0.5) is 13.2 Å². The van der Waals surface area contributed by atoms with Gasteiger partial charge in [-0.2, -0.15) is 0 Å². The fraction of sp³-hybridized carbons (Fsp3) is 0.286. The Hall–Kier alpha value is -2.96. The SMILES string of the molecule is CCCCCOc1c(C=Cc2nc3c(F)c(F)c(F)cc3[nH]2)cccc1OC. The molecule has 0 atom stereocenters. The van der Waals surface area contributed by atoms with Crippen LogP contribution in [0.3, 0.4) is 0 Å². The summed E-state index contributed by atoms with van der Waals surface area (Å²) in [6.07, 6.45) is 6.39. The molecule has 0 bridgehead atoms. The second kappa shape index (κ2) is 8.82. The van der Waals surface area contributed by atoms with Crippen LogP contribution in [0.1, 0.15) is 37.6 Å². The average molecular weight is 390 g/mol. The summed E-state index contributed by atoms with van der Waals surface area (Å²) >= 11 is 0. The second-order valence-electron chi connectivity index (χ2n) is 6.27. The predicted octanol–water partition coefficient (Wildman–Crippen LogP) is 5.73. The summed E-state index contributed by atoms with van der Waals surface area (Å²) in [4.78, 5) is 6.76. The normalized spacial score (nSPS) is 11.5. The first-order valence-electron chi connectivity index (χ1n) is 9.06. The second-order valence-corrected chi connectivity index (χ2v) is 6.27. The summed E-state index contributed by atoms with van der Waals surface area (Å²) in [6.45, 7) is 2.68. The molecule has 0 unspecified atom stereocenters. The lowest BCUT2D eigenvalue weighted by Crippen LogP contribution is -2.01. The summed E-state index contributed by atoms with van der Waals surface area (Å²) in [6, 6.07) is 6.34. The summed E-state index contributed by atoms with van der Waals surface area (Å²) in [5, 5.41) is 0. The summed E-state index contributed by atoms with van der Waals surface area (Å²) in [5.74, 6) is -2.66. The van der Waals surface area contributed by atoms with Crippen LogP contribution in [0.5, 0.6) is 11.5 Å². The lowest BCUT2D eigenvalue weighted by molar-refractivity contribution is 0.285. The number of aromatic amines is 1. The molecule has 0 aliphatic carbocycles. The molecule has 0 amide bonds. The number of nitrogens with one attached hydrogen (secondary N) is 1. The van der Waals surface area contributed by atoms with Crippen molar-refractivity contribution >= 4 is 23.2 Å². The quantitative estimate of drug-likeness (QED) is 0.395. The molecule has 7 heteroatoms. The van der Waals surface area contributed by atoms with Crippen LogP contribution >= 0.6 is 0 Å². The van der Waals surface area contributed by atoms with Crippen LogP contribution in [-0.2, 0) is 0 Å². The molecule has 2 aromatic carbocycles. The molecule has 0 fully saturated rings. The molecule has 1 heterocycles. The highest BCUT2D eigenvalue weighted by molar-refractivity contribution is 5.80. The highest BCUT2D eigenvalue weighted by atomic mass is 19.2. The fourth-order valence-corrected chi connectivity index (χ4v) is 2.83. The van der Waals surface area contributed by atoms with Crippen LogP contribution < -0.4 is 9.47 Å². The number of halogens is 3. The lowest BCUT2D eigenvalue weighted by atomic mass is 10.1. The van der Waals surface area contributed by atoms with E-state index in [0.29, 0.717) is 18.1 Å². The van der Waals surface area contributed by atoms with Crippen molar-refractivity contribution in [2.75, 3.05) is 13.7 Å². The van der Waals surface area contributed by atoms with Crippen LogP contribution in [0.2, 0.25) is 0 Å². The number of fused-ring (bicyclic) bond motifs is 1. The van der Waals surface area contributed by atoms with Crippen LogP contribution in [0, 0.1) is 17.5 Å². The number of rotatable bonds is 8. The molecule has 1 N–H and O–H groups in total. The van der Waals surface area contributed by atoms with Crippen molar-refractivity contribution in [2.24, 2.45) is 0 Å². The van der Waals surface area contributed by atoms with Crippen molar-refractivity contribution < 1.29 is 22.6 Å². The van der Waals surface area contributed by atoms with Gasteiger partial charge in [0, 0.05) is 11.6 Å². The first-order valence-corrected chi connectivity index (χ1v) is 9.06. The Morgan fingerprint density at radius 3 is 2.68 bits per heavy atom. The Morgan fingerprint density at radius 2 is 1.93 bits per heavy atom. The van der Waals surface area contributed by atoms with Crippen LogP contribution in [-0.4, -0.2) is 23.7 Å². The molecule has 28 heavy (non-hydrogen) atoms. The van der Waals surface area contributed by atoms with E-state index in [1.165, 1.54) is 0 Å². The number of imidazole rings is 1. The van der Waals surface area contributed by atoms with Gasteiger partial charge < -0.3 is 14.5 Å². The summed E-state index contributed by atoms with van der Waals surface area (Å²) < 4.78 is 51.9. The fourth-order valence-electron chi connectivity index (χ4n) is 2.83. The van der Waals surface area contributed by atoms with Gasteiger partial charge in [-0.3, -0.25) is 0 Å². The number of benzene rings is 2. The van der Waals surface area contributed by atoms with Crippen molar-refractivity contribution in [3.63, 3.8) is 0 Å². The molecule has 0 saturated heterocycles. The molecule has 0 saturated carbocycles. The Kier molecular flexibility index (Phi) is 6.23. The maximum Gasteiger partial charge on any atom is 0.196 e. The molecule has 0 spiro atoms. The number of ether oxygens (including phenoxy) is 2. The highest BCUT2D eigenvalue weighted by Crippen LogP contribution is 2.32. The number of hydrogen-bond acceptors (Lipinski definition) is 3. The van der Waals surface area contributed by atoms with Crippen molar-refractivity contribution in [1.82, 2.24) is 9.97 Å². The Bertz CT molecular complexity index is 999. The van der Waals surface area contributed by atoms with E-state index < -0.39 is 17.5 Å². The van der Waals surface area contributed by atoms with E-state index in [1.807, 2.05) is 12.1 Å². The molecule has 0 radical (unpaired) electrons. The van der Waals surface area contributed by atoms with Gasteiger partial charge >= 0.3 is 0 Å². The van der Waals surface area contributed by atoms with Crippen molar-refractivity contribution in [3.8, 4) is 11.5 Å². The van der Waals surface area contributed by atoms with E-state index in [9.17, 15) is 13.2 Å². The van der Waals surface area contributed by atoms with Crippen LogP contribution in [0.15, 0.2) is 24.3 Å². The lowest BCUT2D eigenvalue weighted by Gasteiger charge is -2.13. The Balaban J connectivity index is 1.89. The van der Waals surface area contributed by atoms with Gasteiger partial charge in [0.1, 0.15) is 11.3 Å². The van der Waals surface area contributed by atoms with E-state index in [4.69, 9.17) is 9.47 Å². The van der Waals surface area contributed by atoms with Gasteiger partial charge in [-0.05, 0) is 24.6 Å². The zero-order chi connectivity index (χ0) is 20.1. The van der Waals surface area contributed by atoms with Gasteiger partial charge in [0.05, 0.1) is 19.2 Å². The zero-order valence-corrected chi connectivity index (χ0v) is 15.7. The molecule has 0 aliphatic rings. The number of hydrogen-bond donors (Lipinski definition) is 1. The third kappa shape index (κ3) is 4.13. The first-order chi connectivity index (χ1) is 13.5. The van der Waals surface area contributed by atoms with E-state index in [-0.39, 0.29) is 16.9 Å². The number of methoxy groups -OCH3 is 1. The van der Waals surface area contributed by atoms with E-state index in [0.717, 1.165) is 30.9 Å². The Labute approximate surface area is 161 Å². The molecule has 148 valence electrons. The molecule has 4 nitrogen and oxygen atoms in total. The zero-order valence-electron chi connectivity index (χ0n) is 15.7. The monoisotopic (exact) mass is 390 g/mol. The van der Waals surface area contributed by atoms with E-state index in [2.05, 4.69) is 16.9 Å². The van der Waals surface area contributed by atoms with Gasteiger partial charge in [-0.1, -0.05) is 31.9 Å². The van der Waals surface area contributed by atoms with Crippen LogP contribution in [0.25, 0.3) is 23.2 Å². The largest absolute Gasteiger partial charge is 0.493 e. The molecule has 1 aromatic heterocycles. The summed E-state index contributed by atoms with van der Waals surface area (Å²) in [7, 11) is 1.56. The average Bonchev–Trinajstić information content (AvgIpc) is 3.11. The highest BCUT2D eigenvalue weighted by Gasteiger charge is 2.16. The number of unbranched alkanes of at least 4 members (excludes halogenated alkanes) is 2. The molecule has 3 aromatic rings. The predicted molar refractivity (Wildman–Crippen MR) is 103 cm³/mol. The number of H-pyrrole nitrogens is 1. The van der Waals surface area contributed by atoms with Crippen molar-refractivity contribution in [3.05, 3.63) is 53.1 Å². The Morgan fingerprint density at radius 1 is 1.11 bits per heavy atom. The summed E-state index contributed by atoms with van der Waals surface area (Å²) in [5.41, 5.74) is 0.576. The smallest absolute Gasteiger partial charge is 0.196 e. The van der Waals surface area contributed by atoms with Gasteiger partial charge in [0.2, 0.25) is 0 Å². The number of para-hydroxylation sites is 1. The molecular weight excluding hydrogens is 369 g/mol. The van der Waals surface area contributed by atoms with Gasteiger partial charge in [-0.25, -0.2) is 18.2 Å². The third-order valence-electron chi connectivity index (χ3n) is 4.28. The molecular formula is C21H21F3N2O2. The number of aromatic nitrogens is 2. The minimum atomic E-state index is -1.54. The van der Waals surface area contributed by atoms with Gasteiger partial charge in [0.15, 0.2) is 29.0 Å². The van der Waals surface area contributed by atoms with E-state index >= 15 is 0 Å². The standard InChI is InChI=1S/C21H21F3N2O2/c1-3-4-5-11-28-21-13(7-6-8-16(21)27-2)9-10-17-25-15-12-14(22)18(23)19(24)20(15)26-17/h6-10,12H,3-5,11H2,1-2H3,(H,25,26). The third-order valence-corrected chi connectivity index (χ3v) is 4.28. The minimum absolute atomic E-state index is 0.0812. The minimum Gasteiger partial charge on any atom is -0.493 e.